The molecule has 0 saturated carbocycles. The lowest BCUT2D eigenvalue weighted by molar-refractivity contribution is -0.362. The Balaban J connectivity index is 1.42. The first-order valence-electron chi connectivity index (χ1n) is 10.2. The van der Waals surface area contributed by atoms with Gasteiger partial charge in [0.25, 0.3) is 0 Å². The SMILES string of the molecule is C[C@H]1O[C@]2(OCc3ccc(Cc4ccc(-c5ccc(F)cc5)s4)cc32)[C@H](O)[C@@H](O)[C@@H]1O. The maximum atomic E-state index is 13.2. The molecular weight excluding hydrogens is 419 g/mol. The van der Waals surface area contributed by atoms with Crippen molar-refractivity contribution in [3.8, 4) is 10.4 Å². The average molecular weight is 443 g/mol. The van der Waals surface area contributed by atoms with Crippen LogP contribution >= 0.6 is 11.3 Å². The Labute approximate surface area is 183 Å². The molecule has 3 heterocycles. The predicted molar refractivity (Wildman–Crippen MR) is 114 cm³/mol. The van der Waals surface area contributed by atoms with E-state index in [0.717, 1.165) is 26.4 Å². The van der Waals surface area contributed by atoms with Crippen LogP contribution in [0.4, 0.5) is 4.39 Å². The molecule has 5 nitrogen and oxygen atoms in total. The van der Waals surface area contributed by atoms with Crippen LogP contribution in [0.25, 0.3) is 10.4 Å². The Morgan fingerprint density at radius 3 is 2.58 bits per heavy atom. The van der Waals surface area contributed by atoms with Crippen LogP contribution in [0.1, 0.15) is 28.5 Å². The summed E-state index contributed by atoms with van der Waals surface area (Å²) in [6.07, 6.45) is -3.97. The molecule has 1 saturated heterocycles. The van der Waals surface area contributed by atoms with E-state index in [1.54, 1.807) is 30.4 Å². The number of thiophene rings is 1. The Morgan fingerprint density at radius 2 is 1.81 bits per heavy atom. The van der Waals surface area contributed by atoms with E-state index in [4.69, 9.17) is 9.47 Å². The highest BCUT2D eigenvalue weighted by Gasteiger charge is 2.57. The molecule has 162 valence electrons. The zero-order valence-corrected chi connectivity index (χ0v) is 17.7. The van der Waals surface area contributed by atoms with Crippen molar-refractivity contribution in [2.75, 3.05) is 0 Å². The monoisotopic (exact) mass is 442 g/mol. The fourth-order valence-corrected chi connectivity index (χ4v) is 5.38. The molecule has 31 heavy (non-hydrogen) atoms. The summed E-state index contributed by atoms with van der Waals surface area (Å²) in [5.41, 5.74) is 3.56. The summed E-state index contributed by atoms with van der Waals surface area (Å²) in [7, 11) is 0. The van der Waals surface area contributed by atoms with Gasteiger partial charge in [-0.25, -0.2) is 4.39 Å². The standard InChI is InChI=1S/C24H23FO5S/c1-13-21(26)22(27)23(28)24(30-13)19-11-14(2-3-16(19)12-29-24)10-18-8-9-20(31-18)15-4-6-17(25)7-5-15/h2-9,11,13,21-23,26-28H,10,12H2,1H3/t13-,21-,22+,23-,24+/m1/s1. The summed E-state index contributed by atoms with van der Waals surface area (Å²) >= 11 is 1.64. The average Bonchev–Trinajstić information content (AvgIpc) is 3.37. The maximum Gasteiger partial charge on any atom is 0.225 e. The summed E-state index contributed by atoms with van der Waals surface area (Å²) in [5.74, 6) is -1.74. The maximum absolute atomic E-state index is 13.2. The summed E-state index contributed by atoms with van der Waals surface area (Å²) in [6.45, 7) is 1.91. The number of fused-ring (bicyclic) bond motifs is 2. The second kappa shape index (κ2) is 7.78. The summed E-state index contributed by atoms with van der Waals surface area (Å²) in [6, 6.07) is 16.4. The molecule has 5 atom stereocenters. The van der Waals surface area contributed by atoms with E-state index in [0.29, 0.717) is 12.0 Å². The summed E-state index contributed by atoms with van der Waals surface area (Å²) in [4.78, 5) is 2.20. The van der Waals surface area contributed by atoms with Gasteiger partial charge in [-0.05, 0) is 53.9 Å². The molecule has 0 bridgehead atoms. The smallest absolute Gasteiger partial charge is 0.225 e. The van der Waals surface area contributed by atoms with Crippen molar-refractivity contribution in [3.05, 3.63) is 82.0 Å². The Hall–Kier alpha value is -2.13. The number of ether oxygens (including phenoxy) is 2. The molecule has 5 rings (SSSR count). The Morgan fingerprint density at radius 1 is 1.03 bits per heavy atom. The van der Waals surface area contributed by atoms with Crippen molar-refractivity contribution in [2.45, 2.75) is 50.2 Å². The molecule has 0 radical (unpaired) electrons. The van der Waals surface area contributed by atoms with Crippen molar-refractivity contribution >= 4 is 11.3 Å². The quantitative estimate of drug-likeness (QED) is 0.580. The minimum atomic E-state index is -1.49. The van der Waals surface area contributed by atoms with Gasteiger partial charge in [-0.3, -0.25) is 0 Å². The van der Waals surface area contributed by atoms with Crippen molar-refractivity contribution in [2.24, 2.45) is 0 Å². The van der Waals surface area contributed by atoms with Gasteiger partial charge in [0.15, 0.2) is 0 Å². The van der Waals surface area contributed by atoms with E-state index in [1.807, 2.05) is 24.3 Å². The van der Waals surface area contributed by atoms with Crippen molar-refractivity contribution in [3.63, 3.8) is 0 Å². The van der Waals surface area contributed by atoms with Gasteiger partial charge in [-0.15, -0.1) is 11.3 Å². The van der Waals surface area contributed by atoms with Crippen LogP contribution in [-0.2, 0) is 28.3 Å². The van der Waals surface area contributed by atoms with Crippen LogP contribution in [0.15, 0.2) is 54.6 Å². The van der Waals surface area contributed by atoms with Crippen LogP contribution in [0.5, 0.6) is 0 Å². The molecule has 7 heteroatoms. The Kier molecular flexibility index (Phi) is 5.21. The third kappa shape index (κ3) is 3.51. The normalized spacial score (nSPS) is 30.0. The van der Waals surface area contributed by atoms with Crippen molar-refractivity contribution < 1.29 is 29.2 Å². The number of halogens is 1. The van der Waals surface area contributed by atoms with Crippen LogP contribution < -0.4 is 0 Å². The van der Waals surface area contributed by atoms with Gasteiger partial charge in [-0.2, -0.15) is 0 Å². The van der Waals surface area contributed by atoms with Crippen molar-refractivity contribution in [1.29, 1.82) is 0 Å². The number of rotatable bonds is 3. The van der Waals surface area contributed by atoms with Gasteiger partial charge in [0, 0.05) is 21.7 Å². The first-order chi connectivity index (χ1) is 14.9. The highest BCUT2D eigenvalue weighted by Crippen LogP contribution is 2.46. The van der Waals surface area contributed by atoms with Crippen LogP contribution in [0.2, 0.25) is 0 Å². The topological polar surface area (TPSA) is 79.2 Å². The lowest BCUT2D eigenvalue weighted by Gasteiger charge is -2.45. The fourth-order valence-electron chi connectivity index (χ4n) is 4.34. The Bertz CT molecular complexity index is 1100. The second-order valence-electron chi connectivity index (χ2n) is 8.15. The van der Waals surface area contributed by atoms with E-state index < -0.39 is 30.2 Å². The highest BCUT2D eigenvalue weighted by atomic mass is 32.1. The third-order valence-corrected chi connectivity index (χ3v) is 7.20. The van der Waals surface area contributed by atoms with Gasteiger partial charge in [-0.1, -0.05) is 24.3 Å². The first-order valence-corrected chi connectivity index (χ1v) is 11.0. The van der Waals surface area contributed by atoms with E-state index >= 15 is 0 Å². The van der Waals surface area contributed by atoms with Gasteiger partial charge >= 0.3 is 0 Å². The van der Waals surface area contributed by atoms with E-state index in [-0.39, 0.29) is 12.4 Å². The molecule has 0 amide bonds. The van der Waals surface area contributed by atoms with Gasteiger partial charge < -0.3 is 24.8 Å². The van der Waals surface area contributed by atoms with Crippen molar-refractivity contribution in [1.82, 2.24) is 0 Å². The second-order valence-corrected chi connectivity index (χ2v) is 9.31. The third-order valence-electron chi connectivity index (χ3n) is 6.07. The molecule has 2 aliphatic heterocycles. The lowest BCUT2D eigenvalue weighted by atomic mass is 9.87. The fraction of sp³-hybridized carbons (Fsp3) is 0.333. The number of benzene rings is 2. The molecule has 1 aromatic heterocycles. The molecule has 2 aromatic carbocycles. The highest BCUT2D eigenvalue weighted by molar-refractivity contribution is 7.15. The molecule has 0 unspecified atom stereocenters. The minimum absolute atomic E-state index is 0.256. The van der Waals surface area contributed by atoms with Gasteiger partial charge in [0.05, 0.1) is 12.7 Å². The van der Waals surface area contributed by atoms with E-state index in [1.165, 1.54) is 12.1 Å². The molecular formula is C24H23FO5S. The number of aliphatic hydroxyl groups excluding tert-OH is 3. The van der Waals surface area contributed by atoms with E-state index in [2.05, 4.69) is 6.07 Å². The molecule has 1 spiro atoms. The number of hydrogen-bond donors (Lipinski definition) is 3. The lowest BCUT2D eigenvalue weighted by Crippen LogP contribution is -2.62. The van der Waals surface area contributed by atoms with Gasteiger partial charge in [0.2, 0.25) is 5.79 Å². The molecule has 1 fully saturated rings. The zero-order chi connectivity index (χ0) is 21.8. The largest absolute Gasteiger partial charge is 0.388 e. The van der Waals surface area contributed by atoms with E-state index in [9.17, 15) is 19.7 Å². The van der Waals surface area contributed by atoms with Crippen LogP contribution in [-0.4, -0.2) is 39.7 Å². The zero-order valence-electron chi connectivity index (χ0n) is 16.9. The summed E-state index contributed by atoms with van der Waals surface area (Å²) in [5, 5.41) is 31.1. The minimum Gasteiger partial charge on any atom is -0.388 e. The van der Waals surface area contributed by atoms with Crippen LogP contribution in [0.3, 0.4) is 0 Å². The number of aliphatic hydroxyl groups is 3. The van der Waals surface area contributed by atoms with Crippen LogP contribution in [0, 0.1) is 5.82 Å². The molecule has 2 aliphatic rings. The molecule has 3 N–H and O–H groups in total. The molecule has 3 aromatic rings. The molecule has 0 aliphatic carbocycles. The first kappa shape index (κ1) is 20.8. The summed E-state index contributed by atoms with van der Waals surface area (Å²) < 4.78 is 25.0. The predicted octanol–water partition coefficient (Wildman–Crippen LogP) is 3.33. The van der Waals surface area contributed by atoms with Gasteiger partial charge in [0.1, 0.15) is 24.1 Å². The number of hydrogen-bond acceptors (Lipinski definition) is 6.